The first kappa shape index (κ1) is 14.2. The first-order chi connectivity index (χ1) is 9.10. The van der Waals surface area contributed by atoms with Crippen LogP contribution in [0.3, 0.4) is 0 Å². The van der Waals surface area contributed by atoms with Crippen molar-refractivity contribution in [3.05, 3.63) is 45.7 Å². The number of benzene rings is 1. The van der Waals surface area contributed by atoms with Crippen LogP contribution >= 0.6 is 27.3 Å². The average molecular weight is 340 g/mol. The largest absolute Gasteiger partial charge is 0.468 e. The lowest BCUT2D eigenvalue weighted by Gasteiger charge is -2.06. The van der Waals surface area contributed by atoms with Gasteiger partial charge >= 0.3 is 5.97 Å². The molecule has 5 heteroatoms. The molecule has 0 bridgehead atoms. The van der Waals surface area contributed by atoms with Crippen molar-refractivity contribution in [2.75, 3.05) is 7.11 Å². The van der Waals surface area contributed by atoms with Gasteiger partial charge in [0.1, 0.15) is 6.04 Å². The molecule has 0 fully saturated rings. The van der Waals surface area contributed by atoms with E-state index in [1.165, 1.54) is 12.0 Å². The highest BCUT2D eigenvalue weighted by molar-refractivity contribution is 9.10. The lowest BCUT2D eigenvalue weighted by Crippen LogP contribution is -2.33. The third-order valence-electron chi connectivity index (χ3n) is 2.72. The SMILES string of the molecule is COC(=O)C(N)Cc1ccc(-c2ccc(Br)cc2)s1. The standard InChI is InChI=1S/C14H14BrNO2S/c1-18-14(17)12(16)8-11-6-7-13(19-11)9-2-4-10(15)5-3-9/h2-7,12H,8,16H2,1H3. The Morgan fingerprint density at radius 1 is 1.32 bits per heavy atom. The summed E-state index contributed by atoms with van der Waals surface area (Å²) in [7, 11) is 1.35. The summed E-state index contributed by atoms with van der Waals surface area (Å²) < 4.78 is 5.68. The molecule has 1 heterocycles. The van der Waals surface area contributed by atoms with Gasteiger partial charge in [-0.25, -0.2) is 0 Å². The first-order valence-electron chi connectivity index (χ1n) is 5.78. The molecular weight excluding hydrogens is 326 g/mol. The van der Waals surface area contributed by atoms with Crippen LogP contribution in [0.25, 0.3) is 10.4 Å². The Morgan fingerprint density at radius 2 is 2.00 bits per heavy atom. The Kier molecular flexibility index (Phi) is 4.74. The monoisotopic (exact) mass is 339 g/mol. The van der Waals surface area contributed by atoms with Gasteiger partial charge in [0.25, 0.3) is 0 Å². The molecule has 2 N–H and O–H groups in total. The van der Waals surface area contributed by atoms with E-state index in [0.29, 0.717) is 6.42 Å². The van der Waals surface area contributed by atoms with Crippen LogP contribution in [0.2, 0.25) is 0 Å². The number of ether oxygens (including phenoxy) is 1. The molecule has 0 saturated carbocycles. The Labute approximate surface area is 124 Å². The maximum atomic E-state index is 11.3. The van der Waals surface area contributed by atoms with E-state index < -0.39 is 6.04 Å². The molecule has 1 unspecified atom stereocenters. The summed E-state index contributed by atoms with van der Waals surface area (Å²) in [6.07, 6.45) is 0.508. The second kappa shape index (κ2) is 6.32. The molecule has 1 atom stereocenters. The summed E-state index contributed by atoms with van der Waals surface area (Å²) >= 11 is 5.06. The molecule has 0 radical (unpaired) electrons. The van der Waals surface area contributed by atoms with E-state index in [1.807, 2.05) is 24.3 Å². The van der Waals surface area contributed by atoms with Crippen LogP contribution in [0.15, 0.2) is 40.9 Å². The third-order valence-corrected chi connectivity index (χ3v) is 4.40. The van der Waals surface area contributed by atoms with Gasteiger partial charge in [0.15, 0.2) is 0 Å². The minimum Gasteiger partial charge on any atom is -0.468 e. The van der Waals surface area contributed by atoms with Crippen molar-refractivity contribution in [2.45, 2.75) is 12.5 Å². The molecule has 3 nitrogen and oxygen atoms in total. The number of carbonyl (C=O) groups excluding carboxylic acids is 1. The highest BCUT2D eigenvalue weighted by atomic mass is 79.9. The van der Waals surface area contributed by atoms with E-state index in [2.05, 4.69) is 32.8 Å². The Bertz CT molecular complexity index is 565. The van der Waals surface area contributed by atoms with Crippen LogP contribution in [0, 0.1) is 0 Å². The molecule has 0 aliphatic carbocycles. The number of methoxy groups -OCH3 is 1. The van der Waals surface area contributed by atoms with Crippen molar-refractivity contribution < 1.29 is 9.53 Å². The fraction of sp³-hybridized carbons (Fsp3) is 0.214. The highest BCUT2D eigenvalue weighted by Gasteiger charge is 2.15. The summed E-state index contributed by atoms with van der Waals surface area (Å²) in [5.74, 6) is -0.376. The summed E-state index contributed by atoms with van der Waals surface area (Å²) in [5.41, 5.74) is 6.91. The number of carbonyl (C=O) groups is 1. The van der Waals surface area contributed by atoms with E-state index in [9.17, 15) is 4.79 Å². The van der Waals surface area contributed by atoms with Gasteiger partial charge in [0, 0.05) is 20.6 Å². The fourth-order valence-electron chi connectivity index (χ4n) is 1.71. The molecule has 0 amide bonds. The molecule has 1 aromatic carbocycles. The number of thiophene rings is 1. The first-order valence-corrected chi connectivity index (χ1v) is 7.39. The average Bonchev–Trinajstić information content (AvgIpc) is 2.87. The number of rotatable bonds is 4. The summed E-state index contributed by atoms with van der Waals surface area (Å²) in [4.78, 5) is 13.5. The maximum absolute atomic E-state index is 11.3. The van der Waals surface area contributed by atoms with Crippen LogP contribution < -0.4 is 5.73 Å². The number of hydrogen-bond donors (Lipinski definition) is 1. The fourth-order valence-corrected chi connectivity index (χ4v) is 3.04. The van der Waals surface area contributed by atoms with Gasteiger partial charge in [-0.1, -0.05) is 28.1 Å². The molecule has 0 spiro atoms. The van der Waals surface area contributed by atoms with Crippen molar-refractivity contribution in [1.82, 2.24) is 0 Å². The van der Waals surface area contributed by atoms with Crippen LogP contribution in [0.4, 0.5) is 0 Å². The molecule has 2 rings (SSSR count). The lowest BCUT2D eigenvalue weighted by atomic mass is 10.2. The summed E-state index contributed by atoms with van der Waals surface area (Å²) in [6.45, 7) is 0. The van der Waals surface area contributed by atoms with Crippen molar-refractivity contribution in [2.24, 2.45) is 5.73 Å². The van der Waals surface area contributed by atoms with Crippen LogP contribution in [0.5, 0.6) is 0 Å². The Balaban J connectivity index is 2.11. The van der Waals surface area contributed by atoms with E-state index >= 15 is 0 Å². The number of hydrogen-bond acceptors (Lipinski definition) is 4. The molecule has 19 heavy (non-hydrogen) atoms. The second-order valence-electron chi connectivity index (χ2n) is 4.11. The molecule has 100 valence electrons. The molecule has 0 aliphatic heterocycles. The number of esters is 1. The van der Waals surface area contributed by atoms with Gasteiger partial charge in [-0.2, -0.15) is 0 Å². The zero-order valence-corrected chi connectivity index (χ0v) is 12.8. The predicted molar refractivity (Wildman–Crippen MR) is 81.2 cm³/mol. The van der Waals surface area contributed by atoms with E-state index in [-0.39, 0.29) is 5.97 Å². The lowest BCUT2D eigenvalue weighted by molar-refractivity contribution is -0.142. The smallest absolute Gasteiger partial charge is 0.323 e. The predicted octanol–water partition coefficient (Wildman–Crippen LogP) is 3.22. The van der Waals surface area contributed by atoms with Crippen molar-refractivity contribution in [1.29, 1.82) is 0 Å². The van der Waals surface area contributed by atoms with E-state index in [1.54, 1.807) is 11.3 Å². The maximum Gasteiger partial charge on any atom is 0.323 e. The summed E-state index contributed by atoms with van der Waals surface area (Å²) in [5, 5.41) is 0. The summed E-state index contributed by atoms with van der Waals surface area (Å²) in [6, 6.07) is 11.6. The van der Waals surface area contributed by atoms with Crippen molar-refractivity contribution in [3.8, 4) is 10.4 Å². The van der Waals surface area contributed by atoms with Gasteiger partial charge in [0.2, 0.25) is 0 Å². The minimum atomic E-state index is -0.596. The third kappa shape index (κ3) is 3.65. The molecule has 2 aromatic rings. The molecule has 0 aliphatic rings. The quantitative estimate of drug-likeness (QED) is 0.870. The van der Waals surface area contributed by atoms with Gasteiger partial charge < -0.3 is 10.5 Å². The van der Waals surface area contributed by atoms with Gasteiger partial charge in [-0.3, -0.25) is 4.79 Å². The number of halogens is 1. The van der Waals surface area contributed by atoms with E-state index in [4.69, 9.17) is 5.73 Å². The number of nitrogens with two attached hydrogens (primary N) is 1. The Morgan fingerprint density at radius 3 is 2.63 bits per heavy atom. The minimum absolute atomic E-state index is 0.376. The normalized spacial score (nSPS) is 12.2. The highest BCUT2D eigenvalue weighted by Crippen LogP contribution is 2.29. The van der Waals surface area contributed by atoms with E-state index in [0.717, 1.165) is 14.9 Å². The second-order valence-corrected chi connectivity index (χ2v) is 6.19. The van der Waals surface area contributed by atoms with Crippen LogP contribution in [-0.4, -0.2) is 19.1 Å². The zero-order valence-electron chi connectivity index (χ0n) is 10.4. The molecule has 0 saturated heterocycles. The van der Waals surface area contributed by atoms with Crippen LogP contribution in [0.1, 0.15) is 4.88 Å². The van der Waals surface area contributed by atoms with Gasteiger partial charge in [-0.15, -0.1) is 11.3 Å². The molecular formula is C14H14BrNO2S. The van der Waals surface area contributed by atoms with Gasteiger partial charge in [0.05, 0.1) is 7.11 Å². The van der Waals surface area contributed by atoms with Gasteiger partial charge in [-0.05, 0) is 29.8 Å². The van der Waals surface area contributed by atoms with Crippen molar-refractivity contribution >= 4 is 33.2 Å². The van der Waals surface area contributed by atoms with Crippen molar-refractivity contribution in [3.63, 3.8) is 0 Å². The topological polar surface area (TPSA) is 52.3 Å². The molecule has 1 aromatic heterocycles. The Hall–Kier alpha value is -1.17. The van der Waals surface area contributed by atoms with Crippen LogP contribution in [-0.2, 0) is 16.0 Å². The zero-order chi connectivity index (χ0) is 13.8.